The number of anilines is 6. The van der Waals surface area contributed by atoms with Crippen molar-refractivity contribution in [2.24, 2.45) is 11.8 Å². The van der Waals surface area contributed by atoms with E-state index >= 15 is 0 Å². The van der Waals surface area contributed by atoms with E-state index in [-0.39, 0.29) is 0 Å². The highest BCUT2D eigenvalue weighted by Crippen LogP contribution is 2.64. The predicted octanol–water partition coefficient (Wildman–Crippen LogP) is 17.7. The third-order valence-electron chi connectivity index (χ3n) is 16.1. The standard InChI is InChI=1S/C66H50N2/c1-4-16-45(17-5-1)60-40-47-18-10-11-19-48(47)41-65(60)68(51-22-8-3-9-23-51)54-35-37-58-56-25-13-15-27-62(56)66(64(58)43-54)61-26-14-12-24-55(61)57-36-34-53(42-63(57)66)67(50-20-6-2-7-21-50)52-32-30-46(31-33-52)59-39-44-28-29-49(59)38-44/h1-27,30-37,40-44,49,59H,28-29,38-39H2. The lowest BCUT2D eigenvalue weighted by atomic mass is 9.70. The van der Waals surface area contributed by atoms with Gasteiger partial charge in [0.25, 0.3) is 0 Å². The molecule has 2 bridgehead atoms. The Morgan fingerprint density at radius 3 is 1.41 bits per heavy atom. The first-order valence-electron chi connectivity index (χ1n) is 24.6. The van der Waals surface area contributed by atoms with Crippen LogP contribution in [0.25, 0.3) is 44.2 Å². The summed E-state index contributed by atoms with van der Waals surface area (Å²) in [5, 5.41) is 2.44. The first-order chi connectivity index (χ1) is 33.7. The summed E-state index contributed by atoms with van der Waals surface area (Å²) in [5.41, 5.74) is 20.7. The lowest BCUT2D eigenvalue weighted by molar-refractivity contribution is 0.420. The van der Waals surface area contributed by atoms with Crippen LogP contribution in [0, 0.1) is 11.8 Å². The Morgan fingerprint density at radius 2 is 0.824 bits per heavy atom. The third kappa shape index (κ3) is 5.96. The summed E-state index contributed by atoms with van der Waals surface area (Å²) in [5.74, 6) is 2.46. The molecule has 4 aliphatic carbocycles. The lowest BCUT2D eigenvalue weighted by Gasteiger charge is -2.34. The monoisotopic (exact) mass is 870 g/mol. The highest BCUT2D eigenvalue weighted by molar-refractivity contribution is 6.01. The van der Waals surface area contributed by atoms with Crippen LogP contribution in [-0.2, 0) is 5.41 Å². The molecule has 1 spiro atoms. The van der Waals surface area contributed by atoms with Crippen molar-refractivity contribution in [2.75, 3.05) is 9.80 Å². The van der Waals surface area contributed by atoms with Gasteiger partial charge in [0.15, 0.2) is 0 Å². The molecule has 0 heterocycles. The van der Waals surface area contributed by atoms with Crippen LogP contribution in [-0.4, -0.2) is 0 Å². The fraction of sp³-hybridized carbons (Fsp3) is 0.121. The molecular formula is C66H50N2. The van der Waals surface area contributed by atoms with Gasteiger partial charge in [-0.2, -0.15) is 0 Å². The van der Waals surface area contributed by atoms with Crippen LogP contribution in [0.3, 0.4) is 0 Å². The molecule has 0 saturated heterocycles. The Labute approximate surface area is 399 Å². The zero-order valence-corrected chi connectivity index (χ0v) is 38.0. The molecule has 2 saturated carbocycles. The molecule has 0 radical (unpaired) electrons. The highest BCUT2D eigenvalue weighted by Gasteiger charge is 2.52. The number of nitrogens with zero attached hydrogens (tertiary/aromatic N) is 2. The van der Waals surface area contributed by atoms with Gasteiger partial charge in [-0.05, 0) is 176 Å². The van der Waals surface area contributed by atoms with Gasteiger partial charge in [-0.25, -0.2) is 0 Å². The average Bonchev–Trinajstić information content (AvgIpc) is 4.19. The first kappa shape index (κ1) is 39.2. The molecule has 10 aromatic rings. The molecule has 2 heteroatoms. The molecule has 4 unspecified atom stereocenters. The van der Waals surface area contributed by atoms with E-state index in [1.54, 1.807) is 0 Å². The van der Waals surface area contributed by atoms with Crippen LogP contribution < -0.4 is 9.80 Å². The van der Waals surface area contributed by atoms with Crippen LogP contribution >= 0.6 is 0 Å². The minimum absolute atomic E-state index is 0.564. The maximum atomic E-state index is 2.52. The first-order valence-corrected chi connectivity index (χ1v) is 24.6. The quantitative estimate of drug-likeness (QED) is 0.150. The zero-order chi connectivity index (χ0) is 44.8. The largest absolute Gasteiger partial charge is 0.310 e. The van der Waals surface area contributed by atoms with E-state index in [0.29, 0.717) is 5.92 Å². The smallest absolute Gasteiger partial charge is 0.0727 e. The van der Waals surface area contributed by atoms with E-state index < -0.39 is 5.41 Å². The Morgan fingerprint density at radius 1 is 0.338 bits per heavy atom. The van der Waals surface area contributed by atoms with Crippen molar-refractivity contribution < 1.29 is 0 Å². The average molecular weight is 871 g/mol. The summed E-state index contributed by atoms with van der Waals surface area (Å²) in [6, 6.07) is 88.8. The maximum Gasteiger partial charge on any atom is 0.0727 e. The molecule has 4 aliphatic rings. The number of fused-ring (bicyclic) bond motifs is 13. The van der Waals surface area contributed by atoms with Crippen molar-refractivity contribution >= 4 is 44.9 Å². The fourth-order valence-corrected chi connectivity index (χ4v) is 13.2. The number of benzene rings is 10. The van der Waals surface area contributed by atoms with Gasteiger partial charge in [0.1, 0.15) is 0 Å². The summed E-state index contributed by atoms with van der Waals surface area (Å²) in [4.78, 5) is 4.96. The third-order valence-corrected chi connectivity index (χ3v) is 16.1. The van der Waals surface area contributed by atoms with E-state index in [2.05, 4.69) is 246 Å². The van der Waals surface area contributed by atoms with E-state index in [1.165, 1.54) is 103 Å². The predicted molar refractivity (Wildman–Crippen MR) is 283 cm³/mol. The molecule has 4 atom stereocenters. The van der Waals surface area contributed by atoms with E-state index in [1.807, 2.05) is 0 Å². The molecule has 0 aromatic heterocycles. The van der Waals surface area contributed by atoms with Gasteiger partial charge in [-0.1, -0.05) is 170 Å². The van der Waals surface area contributed by atoms with Gasteiger partial charge >= 0.3 is 0 Å². The Hall–Kier alpha value is -7.94. The molecule has 68 heavy (non-hydrogen) atoms. The summed E-state index contributed by atoms with van der Waals surface area (Å²) in [7, 11) is 0. The number of hydrogen-bond acceptors (Lipinski definition) is 2. The summed E-state index contributed by atoms with van der Waals surface area (Å²) in [6.07, 6.45) is 5.58. The second-order valence-corrected chi connectivity index (χ2v) is 19.6. The van der Waals surface area contributed by atoms with Gasteiger partial charge in [-0.3, -0.25) is 0 Å². The zero-order valence-electron chi connectivity index (χ0n) is 38.0. The Balaban J connectivity index is 0.987. The summed E-state index contributed by atoms with van der Waals surface area (Å²) in [6.45, 7) is 0. The normalized spacial score (nSPS) is 19.1. The molecule has 10 aromatic carbocycles. The van der Waals surface area contributed by atoms with E-state index in [0.717, 1.165) is 40.3 Å². The number of hydrogen-bond donors (Lipinski definition) is 0. The summed E-state index contributed by atoms with van der Waals surface area (Å²) >= 11 is 0. The molecule has 2 nitrogen and oxygen atoms in total. The Bertz CT molecular complexity index is 3530. The second kappa shape index (κ2) is 15.6. The van der Waals surface area contributed by atoms with Crippen LogP contribution in [0.4, 0.5) is 34.1 Å². The molecule has 0 amide bonds. The van der Waals surface area contributed by atoms with Crippen molar-refractivity contribution in [3.63, 3.8) is 0 Å². The fourth-order valence-electron chi connectivity index (χ4n) is 13.2. The molecule has 0 aliphatic heterocycles. The second-order valence-electron chi connectivity index (χ2n) is 19.6. The topological polar surface area (TPSA) is 6.48 Å². The van der Waals surface area contributed by atoms with Gasteiger partial charge in [-0.15, -0.1) is 0 Å². The lowest BCUT2D eigenvalue weighted by Crippen LogP contribution is -2.26. The molecular weight excluding hydrogens is 821 g/mol. The molecule has 2 fully saturated rings. The molecule has 14 rings (SSSR count). The van der Waals surface area contributed by atoms with Gasteiger partial charge in [0, 0.05) is 34.0 Å². The van der Waals surface area contributed by atoms with Gasteiger partial charge < -0.3 is 9.80 Å². The number of para-hydroxylation sites is 2. The van der Waals surface area contributed by atoms with Crippen molar-refractivity contribution in [1.82, 2.24) is 0 Å². The van der Waals surface area contributed by atoms with Crippen molar-refractivity contribution in [3.05, 3.63) is 264 Å². The molecule has 0 N–H and O–H groups in total. The summed E-state index contributed by atoms with van der Waals surface area (Å²) < 4.78 is 0. The van der Waals surface area contributed by atoms with Gasteiger partial charge in [0.2, 0.25) is 0 Å². The minimum Gasteiger partial charge on any atom is -0.310 e. The van der Waals surface area contributed by atoms with Gasteiger partial charge in [0.05, 0.1) is 11.1 Å². The number of rotatable bonds is 8. The Kier molecular flexibility index (Phi) is 8.99. The molecule has 324 valence electrons. The van der Waals surface area contributed by atoms with E-state index in [4.69, 9.17) is 0 Å². The maximum absolute atomic E-state index is 2.52. The van der Waals surface area contributed by atoms with Crippen molar-refractivity contribution in [2.45, 2.75) is 37.0 Å². The van der Waals surface area contributed by atoms with E-state index in [9.17, 15) is 0 Å². The SMILES string of the molecule is c1ccc(-c2cc3ccccc3cc2N(c2ccccc2)c2ccc3c(c2)C2(c4ccccc4-c4ccc(N(c5ccccc5)c5ccc(C6CC7CCC6C7)cc5)cc42)c2ccccc2-3)cc1. The van der Waals surface area contributed by atoms with Crippen LogP contribution in [0.2, 0.25) is 0 Å². The van der Waals surface area contributed by atoms with Crippen LogP contribution in [0.15, 0.2) is 237 Å². The van der Waals surface area contributed by atoms with Crippen molar-refractivity contribution in [1.29, 1.82) is 0 Å². The minimum atomic E-state index is -0.564. The van der Waals surface area contributed by atoms with Crippen molar-refractivity contribution in [3.8, 4) is 33.4 Å². The van der Waals surface area contributed by atoms with Crippen LogP contribution in [0.5, 0.6) is 0 Å². The van der Waals surface area contributed by atoms with Crippen LogP contribution in [0.1, 0.15) is 59.4 Å². The highest BCUT2D eigenvalue weighted by atomic mass is 15.1.